The van der Waals surface area contributed by atoms with Gasteiger partial charge in [-0.2, -0.15) is 0 Å². The summed E-state index contributed by atoms with van der Waals surface area (Å²) in [7, 11) is 0. The van der Waals surface area contributed by atoms with Crippen molar-refractivity contribution in [3.63, 3.8) is 0 Å². The molecular formula is C14H24N2OS. The van der Waals surface area contributed by atoms with E-state index in [1.165, 1.54) is 10.4 Å². The first-order chi connectivity index (χ1) is 8.58. The summed E-state index contributed by atoms with van der Waals surface area (Å²) in [4.78, 5) is 13.2. The summed E-state index contributed by atoms with van der Waals surface area (Å²) in [6, 6.07) is 2.26. The zero-order chi connectivity index (χ0) is 13.5. The van der Waals surface area contributed by atoms with E-state index in [4.69, 9.17) is 0 Å². The Morgan fingerprint density at radius 3 is 2.56 bits per heavy atom. The van der Waals surface area contributed by atoms with Crippen LogP contribution in [0.2, 0.25) is 0 Å². The Morgan fingerprint density at radius 2 is 2.06 bits per heavy atom. The normalized spacial score (nSPS) is 12.7. The van der Waals surface area contributed by atoms with Crippen molar-refractivity contribution in [3.05, 3.63) is 21.9 Å². The highest BCUT2D eigenvalue weighted by Gasteiger charge is 2.15. The third-order valence-corrected chi connectivity index (χ3v) is 4.29. The minimum absolute atomic E-state index is 0.0953. The number of carbonyl (C=O) groups is 1. The Kier molecular flexibility index (Phi) is 6.36. The van der Waals surface area contributed by atoms with Gasteiger partial charge in [-0.05, 0) is 43.7 Å². The van der Waals surface area contributed by atoms with E-state index in [9.17, 15) is 4.79 Å². The number of rotatable bonds is 7. The number of hydrogen-bond donors (Lipinski definition) is 2. The van der Waals surface area contributed by atoms with Crippen molar-refractivity contribution < 1.29 is 4.79 Å². The monoisotopic (exact) mass is 268 g/mol. The van der Waals surface area contributed by atoms with Crippen LogP contribution in [0.25, 0.3) is 0 Å². The Labute approximate surface area is 114 Å². The van der Waals surface area contributed by atoms with Crippen LogP contribution < -0.4 is 10.6 Å². The SMILES string of the molecule is CCC(CC)NC(=O)C(C)NCc1sccc1C. The molecule has 3 nitrogen and oxygen atoms in total. The molecule has 0 aromatic carbocycles. The highest BCUT2D eigenvalue weighted by Crippen LogP contribution is 2.15. The summed E-state index contributed by atoms with van der Waals surface area (Å²) in [5.74, 6) is 0.0953. The lowest BCUT2D eigenvalue weighted by molar-refractivity contribution is -0.123. The molecular weight excluding hydrogens is 244 g/mol. The maximum absolute atomic E-state index is 11.9. The number of nitrogens with one attached hydrogen (secondary N) is 2. The van der Waals surface area contributed by atoms with Gasteiger partial charge in [0.25, 0.3) is 0 Å². The van der Waals surface area contributed by atoms with Crippen LogP contribution in [0.3, 0.4) is 0 Å². The van der Waals surface area contributed by atoms with Crippen LogP contribution in [0, 0.1) is 6.92 Å². The van der Waals surface area contributed by atoms with Crippen LogP contribution in [0.5, 0.6) is 0 Å². The standard InChI is InChI=1S/C14H24N2OS/c1-5-12(6-2)16-14(17)11(4)15-9-13-10(3)7-8-18-13/h7-8,11-12,15H,5-6,9H2,1-4H3,(H,16,17). The van der Waals surface area contributed by atoms with E-state index in [-0.39, 0.29) is 11.9 Å². The summed E-state index contributed by atoms with van der Waals surface area (Å²) in [5.41, 5.74) is 1.29. The van der Waals surface area contributed by atoms with Crippen molar-refractivity contribution in [1.29, 1.82) is 0 Å². The average Bonchev–Trinajstić information content (AvgIpc) is 2.78. The Balaban J connectivity index is 2.38. The van der Waals surface area contributed by atoms with E-state index in [1.807, 2.05) is 6.92 Å². The first-order valence-corrected chi connectivity index (χ1v) is 7.53. The minimum atomic E-state index is -0.146. The second-order valence-corrected chi connectivity index (χ2v) is 5.65. The van der Waals surface area contributed by atoms with Gasteiger partial charge in [0, 0.05) is 17.5 Å². The van der Waals surface area contributed by atoms with E-state index in [1.54, 1.807) is 11.3 Å². The van der Waals surface area contributed by atoms with Crippen LogP contribution in [0.1, 0.15) is 44.1 Å². The molecule has 1 amide bonds. The number of amides is 1. The van der Waals surface area contributed by atoms with Crippen molar-refractivity contribution in [2.45, 2.75) is 59.2 Å². The van der Waals surface area contributed by atoms with Crippen molar-refractivity contribution in [3.8, 4) is 0 Å². The zero-order valence-electron chi connectivity index (χ0n) is 11.7. The molecule has 0 saturated carbocycles. The molecule has 0 saturated heterocycles. The fourth-order valence-corrected chi connectivity index (χ4v) is 2.60. The van der Waals surface area contributed by atoms with Crippen LogP contribution >= 0.6 is 11.3 Å². The minimum Gasteiger partial charge on any atom is -0.352 e. The third kappa shape index (κ3) is 4.42. The summed E-state index contributed by atoms with van der Waals surface area (Å²) < 4.78 is 0. The highest BCUT2D eigenvalue weighted by atomic mass is 32.1. The van der Waals surface area contributed by atoms with Gasteiger partial charge in [0.2, 0.25) is 5.91 Å². The molecule has 0 fully saturated rings. The van der Waals surface area contributed by atoms with E-state index in [0.717, 1.165) is 19.4 Å². The Hall–Kier alpha value is -0.870. The number of aryl methyl sites for hydroxylation is 1. The van der Waals surface area contributed by atoms with Gasteiger partial charge in [-0.15, -0.1) is 11.3 Å². The first-order valence-electron chi connectivity index (χ1n) is 6.65. The van der Waals surface area contributed by atoms with Gasteiger partial charge >= 0.3 is 0 Å². The van der Waals surface area contributed by atoms with Crippen LogP contribution in [0.4, 0.5) is 0 Å². The largest absolute Gasteiger partial charge is 0.352 e. The quantitative estimate of drug-likeness (QED) is 0.798. The van der Waals surface area contributed by atoms with Crippen molar-refractivity contribution in [2.24, 2.45) is 0 Å². The second kappa shape index (κ2) is 7.54. The van der Waals surface area contributed by atoms with E-state index in [0.29, 0.717) is 6.04 Å². The van der Waals surface area contributed by atoms with Gasteiger partial charge in [-0.25, -0.2) is 0 Å². The third-order valence-electron chi connectivity index (χ3n) is 3.26. The second-order valence-electron chi connectivity index (χ2n) is 4.65. The molecule has 102 valence electrons. The summed E-state index contributed by atoms with van der Waals surface area (Å²) in [6.45, 7) is 8.98. The Morgan fingerprint density at radius 1 is 1.39 bits per heavy atom. The molecule has 18 heavy (non-hydrogen) atoms. The number of hydrogen-bond acceptors (Lipinski definition) is 3. The van der Waals surface area contributed by atoms with E-state index >= 15 is 0 Å². The lowest BCUT2D eigenvalue weighted by atomic mass is 10.1. The Bertz CT molecular complexity index is 372. The lowest BCUT2D eigenvalue weighted by Gasteiger charge is -2.19. The van der Waals surface area contributed by atoms with E-state index < -0.39 is 0 Å². The molecule has 0 bridgehead atoms. The molecule has 0 aliphatic carbocycles. The van der Waals surface area contributed by atoms with Gasteiger partial charge in [-0.3, -0.25) is 4.79 Å². The molecule has 1 heterocycles. The molecule has 1 rings (SSSR count). The predicted octanol–water partition coefficient (Wildman–Crippen LogP) is 2.84. The van der Waals surface area contributed by atoms with Crippen LogP contribution in [-0.4, -0.2) is 18.0 Å². The predicted molar refractivity (Wildman–Crippen MR) is 77.9 cm³/mol. The van der Waals surface area contributed by atoms with Crippen LogP contribution in [0.15, 0.2) is 11.4 Å². The van der Waals surface area contributed by atoms with Crippen LogP contribution in [-0.2, 0) is 11.3 Å². The fraction of sp³-hybridized carbons (Fsp3) is 0.643. The molecule has 1 aromatic rings. The van der Waals surface area contributed by atoms with Crippen molar-refractivity contribution in [2.75, 3.05) is 0 Å². The summed E-state index contributed by atoms with van der Waals surface area (Å²) >= 11 is 1.73. The molecule has 0 radical (unpaired) electrons. The van der Waals surface area contributed by atoms with Crippen molar-refractivity contribution in [1.82, 2.24) is 10.6 Å². The van der Waals surface area contributed by atoms with Gasteiger partial charge in [0.15, 0.2) is 0 Å². The molecule has 1 aromatic heterocycles. The highest BCUT2D eigenvalue weighted by molar-refractivity contribution is 7.10. The maximum Gasteiger partial charge on any atom is 0.237 e. The number of thiophene rings is 1. The smallest absolute Gasteiger partial charge is 0.237 e. The summed E-state index contributed by atoms with van der Waals surface area (Å²) in [5, 5.41) is 8.42. The van der Waals surface area contributed by atoms with Gasteiger partial charge < -0.3 is 10.6 Å². The molecule has 1 atom stereocenters. The maximum atomic E-state index is 11.9. The van der Waals surface area contributed by atoms with Gasteiger partial charge in [0.05, 0.1) is 6.04 Å². The molecule has 1 unspecified atom stereocenters. The van der Waals surface area contributed by atoms with Gasteiger partial charge in [-0.1, -0.05) is 13.8 Å². The topological polar surface area (TPSA) is 41.1 Å². The average molecular weight is 268 g/mol. The molecule has 0 aliphatic rings. The lowest BCUT2D eigenvalue weighted by Crippen LogP contribution is -2.45. The number of carbonyl (C=O) groups excluding carboxylic acids is 1. The first kappa shape index (κ1) is 15.2. The molecule has 4 heteroatoms. The fourth-order valence-electron chi connectivity index (χ4n) is 1.74. The van der Waals surface area contributed by atoms with Gasteiger partial charge in [0.1, 0.15) is 0 Å². The summed E-state index contributed by atoms with van der Waals surface area (Å²) in [6.07, 6.45) is 1.97. The molecule has 0 spiro atoms. The zero-order valence-corrected chi connectivity index (χ0v) is 12.6. The van der Waals surface area contributed by atoms with E-state index in [2.05, 4.69) is 42.9 Å². The molecule has 2 N–H and O–H groups in total. The van der Waals surface area contributed by atoms with Crippen molar-refractivity contribution >= 4 is 17.2 Å². The molecule has 0 aliphatic heterocycles.